The van der Waals surface area contributed by atoms with E-state index < -0.39 is 8.07 Å². The largest absolute Gasteiger partial charge is 0.208 e. The molecule has 256 valence electrons. The summed E-state index contributed by atoms with van der Waals surface area (Å²) in [6, 6.07) is 56.8. The second-order valence-corrected chi connectivity index (χ2v) is 20.8. The van der Waals surface area contributed by atoms with E-state index in [1.807, 2.05) is 36.4 Å². The first-order valence-corrected chi connectivity index (χ1v) is 21.9. The summed E-state index contributed by atoms with van der Waals surface area (Å²) in [5.41, 5.74) is 13.0. The minimum absolute atomic E-state index is 0.163. The van der Waals surface area contributed by atoms with Gasteiger partial charge in [0, 0.05) is 22.1 Å². The lowest BCUT2D eigenvalue weighted by Gasteiger charge is -2.23. The number of rotatable bonds is 6. The van der Waals surface area contributed by atoms with Crippen molar-refractivity contribution in [3.63, 3.8) is 0 Å². The van der Waals surface area contributed by atoms with E-state index in [1.165, 1.54) is 55.1 Å². The molecule has 9 rings (SSSR count). The fourth-order valence-electron chi connectivity index (χ4n) is 7.87. The van der Waals surface area contributed by atoms with Crippen molar-refractivity contribution in [3.05, 3.63) is 169 Å². The van der Waals surface area contributed by atoms with Crippen molar-refractivity contribution in [2.75, 3.05) is 0 Å². The lowest BCUT2D eigenvalue weighted by molar-refractivity contribution is 0.661. The Morgan fingerprint density at radius 2 is 0.906 bits per heavy atom. The number of aromatic nitrogens is 3. The number of benzene rings is 7. The van der Waals surface area contributed by atoms with E-state index >= 15 is 0 Å². The normalized spacial score (nSPS) is 13.2. The van der Waals surface area contributed by atoms with Crippen LogP contribution in [0.25, 0.3) is 78.3 Å². The Bertz CT molecular complexity index is 2620. The van der Waals surface area contributed by atoms with Gasteiger partial charge in [-0.25, -0.2) is 15.0 Å². The van der Waals surface area contributed by atoms with Crippen LogP contribution in [0.1, 0.15) is 25.0 Å². The predicted octanol–water partition coefficient (Wildman–Crippen LogP) is 12.2. The number of hydrogen-bond acceptors (Lipinski definition) is 3. The third-order valence-electron chi connectivity index (χ3n) is 10.9. The highest BCUT2D eigenvalue weighted by Crippen LogP contribution is 2.51. The van der Waals surface area contributed by atoms with E-state index in [9.17, 15) is 0 Å². The van der Waals surface area contributed by atoms with Crippen LogP contribution in [-0.2, 0) is 5.41 Å². The van der Waals surface area contributed by atoms with Crippen LogP contribution in [0.15, 0.2) is 158 Å². The average Bonchev–Trinajstić information content (AvgIpc) is 3.42. The first-order chi connectivity index (χ1) is 25.6. The number of nitrogens with zero attached hydrogens (tertiary/aromatic N) is 3. The molecule has 7 aromatic carbocycles. The van der Waals surface area contributed by atoms with Gasteiger partial charge in [0.25, 0.3) is 0 Å². The molecule has 0 aliphatic heterocycles. The van der Waals surface area contributed by atoms with Crippen LogP contribution in [0.2, 0.25) is 19.6 Å². The van der Waals surface area contributed by atoms with E-state index in [1.54, 1.807) is 0 Å². The number of fused-ring (bicyclic) bond motifs is 4. The molecule has 0 atom stereocenters. The van der Waals surface area contributed by atoms with E-state index in [4.69, 9.17) is 15.0 Å². The first-order valence-electron chi connectivity index (χ1n) is 18.4. The van der Waals surface area contributed by atoms with Gasteiger partial charge in [0.1, 0.15) is 0 Å². The maximum atomic E-state index is 5.08. The molecular formula is C49H41N3Si. The third kappa shape index (κ3) is 5.89. The van der Waals surface area contributed by atoms with Crippen molar-refractivity contribution in [3.8, 4) is 67.5 Å². The van der Waals surface area contributed by atoms with Crippen LogP contribution in [0.4, 0.5) is 0 Å². The average molecular weight is 700 g/mol. The van der Waals surface area contributed by atoms with Gasteiger partial charge in [-0.2, -0.15) is 0 Å². The Balaban J connectivity index is 1.17. The Hall–Kier alpha value is -5.97. The molecule has 0 bridgehead atoms. The highest BCUT2D eigenvalue weighted by atomic mass is 28.3. The summed E-state index contributed by atoms with van der Waals surface area (Å²) in [5.74, 6) is 1.98. The molecule has 8 aromatic rings. The summed E-state index contributed by atoms with van der Waals surface area (Å²) < 4.78 is 0. The predicted molar refractivity (Wildman–Crippen MR) is 225 cm³/mol. The Morgan fingerprint density at radius 1 is 0.396 bits per heavy atom. The second kappa shape index (κ2) is 12.6. The van der Waals surface area contributed by atoms with Gasteiger partial charge in [0.2, 0.25) is 0 Å². The molecule has 4 heteroatoms. The van der Waals surface area contributed by atoms with Gasteiger partial charge in [-0.1, -0.05) is 172 Å². The summed E-state index contributed by atoms with van der Waals surface area (Å²) in [7, 11) is -1.43. The molecule has 0 amide bonds. The zero-order valence-electron chi connectivity index (χ0n) is 30.9. The van der Waals surface area contributed by atoms with Gasteiger partial charge in [-0.05, 0) is 79.5 Å². The van der Waals surface area contributed by atoms with Gasteiger partial charge < -0.3 is 0 Å². The highest BCUT2D eigenvalue weighted by Gasteiger charge is 2.36. The smallest absolute Gasteiger partial charge is 0.164 e. The van der Waals surface area contributed by atoms with Gasteiger partial charge in [-0.3, -0.25) is 0 Å². The van der Waals surface area contributed by atoms with Crippen LogP contribution < -0.4 is 5.19 Å². The standard InChI is InChI=1S/C49H41N3Si/c1-49(2)44-30-35(34-20-14-21-39(28-34)53(3,4)5)23-25-41(44)42-26-24-37(31-45(42)49)43-29-38(27-36-19-12-13-22-40(36)43)48-51-46(32-15-8-6-9-16-32)50-47(52-48)33-17-10-7-11-18-33/h6-31H,1-5H3. The maximum Gasteiger partial charge on any atom is 0.164 e. The molecule has 1 heterocycles. The van der Waals surface area contributed by atoms with Crippen molar-refractivity contribution >= 4 is 24.0 Å². The zero-order chi connectivity index (χ0) is 36.3. The van der Waals surface area contributed by atoms with Gasteiger partial charge in [0.15, 0.2) is 17.5 Å². The Labute approximate surface area is 313 Å². The van der Waals surface area contributed by atoms with Crippen molar-refractivity contribution < 1.29 is 0 Å². The van der Waals surface area contributed by atoms with Gasteiger partial charge in [0.05, 0.1) is 8.07 Å². The summed E-state index contributed by atoms with van der Waals surface area (Å²) >= 11 is 0. The van der Waals surface area contributed by atoms with E-state index in [0.29, 0.717) is 17.5 Å². The Morgan fingerprint density at radius 3 is 1.53 bits per heavy atom. The van der Waals surface area contributed by atoms with Crippen molar-refractivity contribution in [2.45, 2.75) is 38.9 Å². The molecule has 0 spiro atoms. The molecule has 0 fully saturated rings. The molecule has 0 saturated heterocycles. The topological polar surface area (TPSA) is 38.7 Å². The third-order valence-corrected chi connectivity index (χ3v) is 12.9. The molecule has 0 radical (unpaired) electrons. The van der Waals surface area contributed by atoms with Gasteiger partial charge in [-0.15, -0.1) is 0 Å². The lowest BCUT2D eigenvalue weighted by atomic mass is 9.80. The maximum absolute atomic E-state index is 5.08. The van der Waals surface area contributed by atoms with Crippen LogP contribution in [0, 0.1) is 0 Å². The van der Waals surface area contributed by atoms with Crippen molar-refractivity contribution in [1.29, 1.82) is 0 Å². The zero-order valence-corrected chi connectivity index (χ0v) is 31.9. The highest BCUT2D eigenvalue weighted by molar-refractivity contribution is 6.88. The molecule has 0 saturated carbocycles. The molecule has 0 N–H and O–H groups in total. The lowest BCUT2D eigenvalue weighted by Crippen LogP contribution is -2.37. The molecule has 53 heavy (non-hydrogen) atoms. The van der Waals surface area contributed by atoms with E-state index in [0.717, 1.165) is 22.1 Å². The molecule has 3 nitrogen and oxygen atoms in total. The van der Waals surface area contributed by atoms with Crippen LogP contribution in [0.3, 0.4) is 0 Å². The van der Waals surface area contributed by atoms with Gasteiger partial charge >= 0.3 is 0 Å². The minimum Gasteiger partial charge on any atom is -0.208 e. The second-order valence-electron chi connectivity index (χ2n) is 15.8. The van der Waals surface area contributed by atoms with Crippen molar-refractivity contribution in [2.24, 2.45) is 0 Å². The van der Waals surface area contributed by atoms with E-state index in [2.05, 4.69) is 155 Å². The summed E-state index contributed by atoms with van der Waals surface area (Å²) in [5, 5.41) is 3.84. The SMILES string of the molecule is CC1(C)c2cc(-c3cccc([Si](C)(C)C)c3)ccc2-c2ccc(-c3cc(-c4nc(-c5ccccc5)nc(-c5ccccc5)n4)cc4ccccc34)cc21. The van der Waals surface area contributed by atoms with Crippen molar-refractivity contribution in [1.82, 2.24) is 15.0 Å². The van der Waals surface area contributed by atoms with Crippen LogP contribution in [0.5, 0.6) is 0 Å². The fraction of sp³-hybridized carbons (Fsp3) is 0.122. The van der Waals surface area contributed by atoms with Crippen LogP contribution >= 0.6 is 0 Å². The molecule has 1 aromatic heterocycles. The summed E-state index contributed by atoms with van der Waals surface area (Å²) in [4.78, 5) is 15.1. The molecule has 1 aliphatic rings. The summed E-state index contributed by atoms with van der Waals surface area (Å²) in [6.07, 6.45) is 0. The summed E-state index contributed by atoms with van der Waals surface area (Å²) in [6.45, 7) is 12.0. The first kappa shape index (κ1) is 32.9. The molecule has 1 aliphatic carbocycles. The fourth-order valence-corrected chi connectivity index (χ4v) is 9.05. The van der Waals surface area contributed by atoms with E-state index in [-0.39, 0.29) is 5.41 Å². The number of hydrogen-bond donors (Lipinski definition) is 0. The minimum atomic E-state index is -1.43. The Kier molecular flexibility index (Phi) is 7.83. The molecule has 0 unspecified atom stereocenters. The molecular weight excluding hydrogens is 659 g/mol. The van der Waals surface area contributed by atoms with Crippen LogP contribution in [-0.4, -0.2) is 23.0 Å². The monoisotopic (exact) mass is 699 g/mol. The quantitative estimate of drug-likeness (QED) is 0.162.